The van der Waals surface area contributed by atoms with Crippen molar-refractivity contribution in [3.05, 3.63) is 65.1 Å². The SMILES string of the molecule is O=C(NC1CCC[C@@H]1Nc1ncc(C(F)(F)F)cc1Cl)c1ccccc1-n1nccn1. The van der Waals surface area contributed by atoms with E-state index in [1.165, 1.54) is 17.2 Å². The van der Waals surface area contributed by atoms with Gasteiger partial charge in [0.15, 0.2) is 0 Å². The van der Waals surface area contributed by atoms with Crippen molar-refractivity contribution in [2.45, 2.75) is 37.5 Å². The third-order valence-electron chi connectivity index (χ3n) is 5.11. The Kier molecular flexibility index (Phi) is 5.81. The van der Waals surface area contributed by atoms with E-state index < -0.39 is 11.7 Å². The maximum Gasteiger partial charge on any atom is 0.417 e. The van der Waals surface area contributed by atoms with Gasteiger partial charge in [-0.2, -0.15) is 28.2 Å². The summed E-state index contributed by atoms with van der Waals surface area (Å²) < 4.78 is 38.5. The molecule has 1 unspecified atom stereocenters. The number of nitrogens with zero attached hydrogens (tertiary/aromatic N) is 4. The second-order valence-corrected chi connectivity index (χ2v) is 7.56. The molecule has 1 aliphatic carbocycles. The summed E-state index contributed by atoms with van der Waals surface area (Å²) in [5.74, 6) is -0.139. The molecule has 1 aromatic carbocycles. The molecule has 0 bridgehead atoms. The number of hydrogen-bond acceptors (Lipinski definition) is 5. The second-order valence-electron chi connectivity index (χ2n) is 7.15. The summed E-state index contributed by atoms with van der Waals surface area (Å²) in [5.41, 5.74) is 0.0400. The van der Waals surface area contributed by atoms with Crippen LogP contribution in [0.15, 0.2) is 48.9 Å². The van der Waals surface area contributed by atoms with E-state index in [1.807, 2.05) is 0 Å². The van der Waals surface area contributed by atoms with Crippen LogP contribution in [0.3, 0.4) is 0 Å². The van der Waals surface area contributed by atoms with Crippen molar-refractivity contribution in [2.24, 2.45) is 0 Å². The minimum absolute atomic E-state index is 0.123. The number of pyridine rings is 1. The highest BCUT2D eigenvalue weighted by Gasteiger charge is 2.33. The molecule has 1 amide bonds. The zero-order valence-corrected chi connectivity index (χ0v) is 16.9. The van der Waals surface area contributed by atoms with Crippen LogP contribution in [0, 0.1) is 0 Å². The molecule has 3 aromatic rings. The fourth-order valence-electron chi connectivity index (χ4n) is 3.61. The highest BCUT2D eigenvalue weighted by atomic mass is 35.5. The molecular formula is C20H18ClF3N6O. The molecule has 2 atom stereocenters. The van der Waals surface area contributed by atoms with Gasteiger partial charge in [-0.05, 0) is 37.5 Å². The van der Waals surface area contributed by atoms with Crippen molar-refractivity contribution in [3.63, 3.8) is 0 Å². The smallest absolute Gasteiger partial charge is 0.364 e. The maximum atomic E-state index is 13.0. The lowest BCUT2D eigenvalue weighted by molar-refractivity contribution is -0.137. The second kappa shape index (κ2) is 8.54. The highest BCUT2D eigenvalue weighted by Crippen LogP contribution is 2.33. The number of amides is 1. The van der Waals surface area contributed by atoms with Crippen molar-refractivity contribution in [1.82, 2.24) is 25.3 Å². The van der Waals surface area contributed by atoms with Crippen LogP contribution in [0.4, 0.5) is 19.0 Å². The topological polar surface area (TPSA) is 84.7 Å². The van der Waals surface area contributed by atoms with Gasteiger partial charge in [0.05, 0.1) is 34.2 Å². The molecule has 4 rings (SSSR count). The maximum absolute atomic E-state index is 13.0. The van der Waals surface area contributed by atoms with Crippen molar-refractivity contribution >= 4 is 23.3 Å². The third kappa shape index (κ3) is 4.63. The predicted molar refractivity (Wildman–Crippen MR) is 108 cm³/mol. The molecule has 2 heterocycles. The molecular weight excluding hydrogens is 433 g/mol. The van der Waals surface area contributed by atoms with E-state index in [0.29, 0.717) is 24.1 Å². The van der Waals surface area contributed by atoms with Gasteiger partial charge in [-0.15, -0.1) is 0 Å². The summed E-state index contributed by atoms with van der Waals surface area (Å²) in [5, 5.41) is 14.1. The molecule has 0 radical (unpaired) electrons. The Labute approximate surface area is 180 Å². The quantitative estimate of drug-likeness (QED) is 0.611. The number of hydrogen-bond donors (Lipinski definition) is 2. The summed E-state index contributed by atoms with van der Waals surface area (Å²) in [6.45, 7) is 0. The van der Waals surface area contributed by atoms with Crippen molar-refractivity contribution in [3.8, 4) is 5.69 Å². The molecule has 2 aromatic heterocycles. The number of nitrogens with one attached hydrogen (secondary N) is 2. The van der Waals surface area contributed by atoms with Crippen LogP contribution in [0.25, 0.3) is 5.69 Å². The fourth-order valence-corrected chi connectivity index (χ4v) is 3.83. The first-order chi connectivity index (χ1) is 14.8. The summed E-state index contributed by atoms with van der Waals surface area (Å²) in [7, 11) is 0. The third-order valence-corrected chi connectivity index (χ3v) is 5.39. The van der Waals surface area contributed by atoms with Crippen LogP contribution < -0.4 is 10.6 Å². The van der Waals surface area contributed by atoms with Crippen molar-refractivity contribution < 1.29 is 18.0 Å². The van der Waals surface area contributed by atoms with Crippen LogP contribution in [0.5, 0.6) is 0 Å². The number of para-hydroxylation sites is 1. The monoisotopic (exact) mass is 450 g/mol. The van der Waals surface area contributed by atoms with Gasteiger partial charge in [0.25, 0.3) is 5.91 Å². The largest absolute Gasteiger partial charge is 0.417 e. The lowest BCUT2D eigenvalue weighted by atomic mass is 10.1. The summed E-state index contributed by atoms with van der Waals surface area (Å²) in [6.07, 6.45) is 1.53. The van der Waals surface area contributed by atoms with Crippen LogP contribution in [0.1, 0.15) is 35.2 Å². The number of anilines is 1. The van der Waals surface area contributed by atoms with Crippen LogP contribution in [0.2, 0.25) is 5.02 Å². The zero-order valence-electron chi connectivity index (χ0n) is 16.1. The summed E-state index contributed by atoms with van der Waals surface area (Å²) in [4.78, 5) is 18.2. The Morgan fingerprint density at radius 1 is 1.13 bits per heavy atom. The van der Waals surface area contributed by atoms with Crippen LogP contribution >= 0.6 is 11.6 Å². The number of carbonyl (C=O) groups excluding carboxylic acids is 1. The standard InChI is InChI=1S/C20H18ClF3N6O/c21-14-10-12(20(22,23)24)11-25-18(14)28-15-5-3-6-16(15)29-19(31)13-4-1-2-7-17(13)30-26-8-9-27-30/h1-2,4,7-11,15-16H,3,5-6H2,(H,25,28)(H,29,31)/t15-,16?/m0/s1. The number of alkyl halides is 3. The van der Waals surface area contributed by atoms with Gasteiger partial charge in [0, 0.05) is 18.3 Å². The predicted octanol–water partition coefficient (Wildman–Crippen LogP) is 4.10. The molecule has 1 saturated carbocycles. The number of rotatable bonds is 5. The van der Waals surface area contributed by atoms with E-state index in [2.05, 4.69) is 25.8 Å². The van der Waals surface area contributed by atoms with Gasteiger partial charge < -0.3 is 10.6 Å². The number of carbonyl (C=O) groups is 1. The molecule has 162 valence electrons. The van der Waals surface area contributed by atoms with Gasteiger partial charge in [-0.25, -0.2) is 4.98 Å². The Bertz CT molecular complexity index is 1070. The molecule has 0 spiro atoms. The van der Waals surface area contributed by atoms with Gasteiger partial charge in [-0.3, -0.25) is 4.79 Å². The van der Waals surface area contributed by atoms with E-state index in [0.717, 1.165) is 18.7 Å². The summed E-state index contributed by atoms with van der Waals surface area (Å²) in [6, 6.07) is 7.33. The number of benzene rings is 1. The summed E-state index contributed by atoms with van der Waals surface area (Å²) >= 11 is 6.01. The molecule has 0 saturated heterocycles. The minimum Gasteiger partial charge on any atom is -0.364 e. The molecule has 0 aliphatic heterocycles. The van der Waals surface area contributed by atoms with E-state index in [1.54, 1.807) is 24.3 Å². The Morgan fingerprint density at radius 3 is 2.55 bits per heavy atom. The van der Waals surface area contributed by atoms with Crippen LogP contribution in [-0.2, 0) is 6.18 Å². The molecule has 1 fully saturated rings. The number of aromatic nitrogens is 4. The minimum atomic E-state index is -4.52. The Hall–Kier alpha value is -3.14. The molecule has 7 nitrogen and oxygen atoms in total. The molecule has 2 N–H and O–H groups in total. The Morgan fingerprint density at radius 2 is 1.84 bits per heavy atom. The average Bonchev–Trinajstić information content (AvgIpc) is 3.41. The lowest BCUT2D eigenvalue weighted by Crippen LogP contribution is -2.43. The van der Waals surface area contributed by atoms with Crippen LogP contribution in [-0.4, -0.2) is 38.0 Å². The van der Waals surface area contributed by atoms with Gasteiger partial charge in [0.2, 0.25) is 0 Å². The van der Waals surface area contributed by atoms with E-state index >= 15 is 0 Å². The first-order valence-electron chi connectivity index (χ1n) is 9.59. The zero-order chi connectivity index (χ0) is 22.0. The van der Waals surface area contributed by atoms with E-state index in [9.17, 15) is 18.0 Å². The molecule has 1 aliphatic rings. The molecule has 11 heteroatoms. The first kappa shape index (κ1) is 21.1. The van der Waals surface area contributed by atoms with Crippen molar-refractivity contribution in [2.75, 3.05) is 5.32 Å². The van der Waals surface area contributed by atoms with Gasteiger partial charge in [-0.1, -0.05) is 23.7 Å². The van der Waals surface area contributed by atoms with Gasteiger partial charge in [0.1, 0.15) is 5.82 Å². The van der Waals surface area contributed by atoms with E-state index in [4.69, 9.17) is 11.6 Å². The lowest BCUT2D eigenvalue weighted by Gasteiger charge is -2.24. The van der Waals surface area contributed by atoms with Crippen molar-refractivity contribution in [1.29, 1.82) is 0 Å². The average molecular weight is 451 g/mol. The Balaban J connectivity index is 1.49. The fraction of sp³-hybridized carbons (Fsp3) is 0.300. The highest BCUT2D eigenvalue weighted by molar-refractivity contribution is 6.33. The van der Waals surface area contributed by atoms with Gasteiger partial charge >= 0.3 is 6.18 Å². The number of halogens is 4. The molecule has 31 heavy (non-hydrogen) atoms. The van der Waals surface area contributed by atoms with E-state index in [-0.39, 0.29) is 28.8 Å². The normalized spacial score (nSPS) is 18.7. The first-order valence-corrected chi connectivity index (χ1v) is 9.96.